The molecule has 0 aromatic heterocycles. The van der Waals surface area contributed by atoms with Gasteiger partial charge in [0, 0.05) is 13.0 Å². The number of amides is 1. The third-order valence-corrected chi connectivity index (χ3v) is 4.95. The SMILES string of the molecule is CCCNC(=O)C1(C)CCc2c(C)c(C)c(C)c(C)c2O1. The lowest BCUT2D eigenvalue weighted by atomic mass is 9.85. The third-order valence-electron chi connectivity index (χ3n) is 4.95. The van der Waals surface area contributed by atoms with Gasteiger partial charge in [-0.25, -0.2) is 0 Å². The van der Waals surface area contributed by atoms with E-state index in [9.17, 15) is 4.79 Å². The smallest absolute Gasteiger partial charge is 0.263 e. The molecule has 3 nitrogen and oxygen atoms in total. The Morgan fingerprint density at radius 1 is 1.14 bits per heavy atom. The first-order valence-electron chi connectivity index (χ1n) is 7.88. The van der Waals surface area contributed by atoms with Gasteiger partial charge >= 0.3 is 0 Å². The molecule has 1 aliphatic heterocycles. The van der Waals surface area contributed by atoms with Gasteiger partial charge in [0.1, 0.15) is 5.75 Å². The summed E-state index contributed by atoms with van der Waals surface area (Å²) in [5.41, 5.74) is 5.61. The van der Waals surface area contributed by atoms with Crippen LogP contribution in [0, 0.1) is 27.7 Å². The second-order valence-corrected chi connectivity index (χ2v) is 6.40. The fraction of sp³-hybridized carbons (Fsp3) is 0.611. The van der Waals surface area contributed by atoms with Crippen molar-refractivity contribution in [1.29, 1.82) is 0 Å². The summed E-state index contributed by atoms with van der Waals surface area (Å²) in [6.07, 6.45) is 2.58. The zero-order valence-electron chi connectivity index (χ0n) is 14.1. The lowest BCUT2D eigenvalue weighted by molar-refractivity contribution is -0.136. The molecule has 116 valence electrons. The van der Waals surface area contributed by atoms with Crippen LogP contribution in [-0.4, -0.2) is 18.1 Å². The highest BCUT2D eigenvalue weighted by Crippen LogP contribution is 2.40. The molecule has 1 atom stereocenters. The first-order valence-corrected chi connectivity index (χ1v) is 7.88. The Balaban J connectivity index is 2.38. The van der Waals surface area contributed by atoms with Gasteiger partial charge in [0.15, 0.2) is 5.60 Å². The van der Waals surface area contributed by atoms with Crippen LogP contribution in [0.2, 0.25) is 0 Å². The average Bonchev–Trinajstić information content (AvgIpc) is 2.48. The molecule has 0 radical (unpaired) electrons. The summed E-state index contributed by atoms with van der Waals surface area (Å²) < 4.78 is 6.21. The zero-order valence-corrected chi connectivity index (χ0v) is 14.1. The fourth-order valence-corrected chi connectivity index (χ4v) is 3.02. The lowest BCUT2D eigenvalue weighted by Crippen LogP contribution is -2.51. The highest BCUT2D eigenvalue weighted by Gasteiger charge is 2.40. The topological polar surface area (TPSA) is 38.3 Å². The molecule has 21 heavy (non-hydrogen) atoms. The monoisotopic (exact) mass is 289 g/mol. The summed E-state index contributed by atoms with van der Waals surface area (Å²) in [6.45, 7) is 13.2. The molecule has 0 saturated carbocycles. The van der Waals surface area contributed by atoms with Crippen molar-refractivity contribution >= 4 is 5.91 Å². The molecule has 1 aromatic rings. The summed E-state index contributed by atoms with van der Waals surface area (Å²) in [5.74, 6) is 0.932. The Morgan fingerprint density at radius 2 is 1.76 bits per heavy atom. The largest absolute Gasteiger partial charge is 0.477 e. The molecule has 1 aliphatic rings. The minimum absolute atomic E-state index is 0.00489. The van der Waals surface area contributed by atoms with Crippen LogP contribution in [0.15, 0.2) is 0 Å². The second-order valence-electron chi connectivity index (χ2n) is 6.40. The van der Waals surface area contributed by atoms with E-state index in [4.69, 9.17) is 4.74 Å². The van der Waals surface area contributed by atoms with Crippen molar-refractivity contribution in [3.8, 4) is 5.75 Å². The van der Waals surface area contributed by atoms with E-state index < -0.39 is 5.60 Å². The van der Waals surface area contributed by atoms with Gasteiger partial charge in [-0.2, -0.15) is 0 Å². The molecule has 0 spiro atoms. The van der Waals surface area contributed by atoms with Crippen LogP contribution in [0.5, 0.6) is 5.75 Å². The van der Waals surface area contributed by atoms with Crippen LogP contribution in [0.1, 0.15) is 54.5 Å². The van der Waals surface area contributed by atoms with Crippen molar-refractivity contribution in [2.45, 2.75) is 66.4 Å². The quantitative estimate of drug-likeness (QED) is 0.924. The molecule has 0 bridgehead atoms. The van der Waals surface area contributed by atoms with E-state index in [1.165, 1.54) is 27.8 Å². The first kappa shape index (κ1) is 15.9. The van der Waals surface area contributed by atoms with Crippen molar-refractivity contribution in [3.05, 3.63) is 27.8 Å². The van der Waals surface area contributed by atoms with Crippen LogP contribution in [0.4, 0.5) is 0 Å². The number of hydrogen-bond acceptors (Lipinski definition) is 2. The molecule has 0 fully saturated rings. The maximum Gasteiger partial charge on any atom is 0.263 e. The van der Waals surface area contributed by atoms with Gasteiger partial charge in [-0.15, -0.1) is 0 Å². The number of nitrogens with one attached hydrogen (secondary N) is 1. The highest BCUT2D eigenvalue weighted by atomic mass is 16.5. The lowest BCUT2D eigenvalue weighted by Gasteiger charge is -2.37. The van der Waals surface area contributed by atoms with Gasteiger partial charge in [-0.1, -0.05) is 6.92 Å². The first-order chi connectivity index (χ1) is 9.81. The van der Waals surface area contributed by atoms with Gasteiger partial charge in [0.05, 0.1) is 0 Å². The number of rotatable bonds is 3. The Morgan fingerprint density at radius 3 is 2.38 bits per heavy atom. The van der Waals surface area contributed by atoms with Gasteiger partial charge < -0.3 is 10.1 Å². The second kappa shape index (κ2) is 5.70. The molecule has 3 heteroatoms. The van der Waals surface area contributed by atoms with E-state index in [1.807, 2.05) is 6.92 Å². The molecular weight excluding hydrogens is 262 g/mol. The molecule has 1 amide bonds. The van der Waals surface area contributed by atoms with E-state index in [0.717, 1.165) is 25.0 Å². The van der Waals surface area contributed by atoms with Crippen molar-refractivity contribution in [3.63, 3.8) is 0 Å². The Labute approximate surface area is 128 Å². The molecule has 0 saturated heterocycles. The summed E-state index contributed by atoms with van der Waals surface area (Å²) in [6, 6.07) is 0. The predicted octanol–water partition coefficient (Wildman–Crippen LogP) is 3.53. The van der Waals surface area contributed by atoms with Crippen molar-refractivity contribution in [2.24, 2.45) is 0 Å². The Hall–Kier alpha value is -1.51. The molecular formula is C18H27NO2. The fourth-order valence-electron chi connectivity index (χ4n) is 3.02. The third kappa shape index (κ3) is 2.66. The molecule has 1 heterocycles. The van der Waals surface area contributed by atoms with E-state index in [1.54, 1.807) is 0 Å². The van der Waals surface area contributed by atoms with Crippen molar-refractivity contribution in [2.75, 3.05) is 6.54 Å². The molecule has 0 aliphatic carbocycles. The number of carbonyl (C=O) groups is 1. The number of fused-ring (bicyclic) bond motifs is 1. The molecule has 1 N–H and O–H groups in total. The number of benzene rings is 1. The number of carbonyl (C=O) groups excluding carboxylic acids is 1. The van der Waals surface area contributed by atoms with Crippen LogP contribution < -0.4 is 10.1 Å². The summed E-state index contributed by atoms with van der Waals surface area (Å²) in [7, 11) is 0. The molecule has 1 unspecified atom stereocenters. The van der Waals surface area contributed by atoms with E-state index in [-0.39, 0.29) is 5.91 Å². The van der Waals surface area contributed by atoms with Gasteiger partial charge in [0.2, 0.25) is 0 Å². The zero-order chi connectivity index (χ0) is 15.8. The average molecular weight is 289 g/mol. The number of hydrogen-bond donors (Lipinski definition) is 1. The minimum Gasteiger partial charge on any atom is -0.477 e. The predicted molar refractivity (Wildman–Crippen MR) is 86.0 cm³/mol. The van der Waals surface area contributed by atoms with Crippen LogP contribution in [0.3, 0.4) is 0 Å². The highest BCUT2D eigenvalue weighted by molar-refractivity contribution is 5.85. The van der Waals surface area contributed by atoms with Gasteiger partial charge in [0.25, 0.3) is 5.91 Å². The van der Waals surface area contributed by atoms with Gasteiger partial charge in [-0.05, 0) is 75.3 Å². The van der Waals surface area contributed by atoms with Crippen LogP contribution >= 0.6 is 0 Å². The minimum atomic E-state index is -0.749. The maximum absolute atomic E-state index is 12.4. The summed E-state index contributed by atoms with van der Waals surface area (Å²) in [5, 5.41) is 2.97. The Kier molecular flexibility index (Phi) is 4.31. The van der Waals surface area contributed by atoms with Crippen LogP contribution in [0.25, 0.3) is 0 Å². The van der Waals surface area contributed by atoms with E-state index >= 15 is 0 Å². The summed E-state index contributed by atoms with van der Waals surface area (Å²) >= 11 is 0. The van der Waals surface area contributed by atoms with Crippen molar-refractivity contribution in [1.82, 2.24) is 5.32 Å². The van der Waals surface area contributed by atoms with E-state index in [0.29, 0.717) is 6.54 Å². The van der Waals surface area contributed by atoms with E-state index in [2.05, 4.69) is 39.9 Å². The van der Waals surface area contributed by atoms with Crippen molar-refractivity contribution < 1.29 is 9.53 Å². The standard InChI is InChI=1S/C18H27NO2/c1-7-10-19-17(20)18(6)9-8-15-13(4)11(2)12(3)14(5)16(15)21-18/h7-10H2,1-6H3,(H,19,20). The molecule has 2 rings (SSSR count). The van der Waals surface area contributed by atoms with Crippen LogP contribution in [-0.2, 0) is 11.2 Å². The Bertz CT molecular complexity index is 577. The summed E-state index contributed by atoms with van der Waals surface area (Å²) in [4.78, 5) is 12.4. The molecule has 1 aromatic carbocycles. The number of ether oxygens (including phenoxy) is 1. The van der Waals surface area contributed by atoms with Gasteiger partial charge in [-0.3, -0.25) is 4.79 Å². The normalized spacial score (nSPS) is 20.7. The maximum atomic E-state index is 12.4.